The number of nitrogens with zero attached hydrogens (tertiary/aromatic N) is 1. The second-order valence-corrected chi connectivity index (χ2v) is 7.42. The van der Waals surface area contributed by atoms with Crippen LogP contribution in [0, 0.1) is 17.7 Å². The summed E-state index contributed by atoms with van der Waals surface area (Å²) in [7, 11) is 0. The Morgan fingerprint density at radius 2 is 1.92 bits per heavy atom. The first kappa shape index (κ1) is 18.9. The Kier molecular flexibility index (Phi) is 7.70. The molecule has 3 nitrogen and oxygen atoms in total. The molecular formula is C20H31FN2O. The zero-order chi connectivity index (χ0) is 17.4. The molecule has 0 unspecified atom stereocenters. The maximum absolute atomic E-state index is 12.8. The summed E-state index contributed by atoms with van der Waals surface area (Å²) in [5, 5.41) is 3.09. The molecule has 0 atom stereocenters. The van der Waals surface area contributed by atoms with E-state index in [-0.39, 0.29) is 11.7 Å². The van der Waals surface area contributed by atoms with E-state index in [1.165, 1.54) is 31.5 Å². The number of hydrogen-bond donors (Lipinski definition) is 1. The Hall–Kier alpha value is -1.42. The molecular weight excluding hydrogens is 303 g/mol. The van der Waals surface area contributed by atoms with Crippen LogP contribution in [0.5, 0.6) is 0 Å². The number of halogens is 1. The number of nitrogens with one attached hydrogen (secondary N) is 1. The molecule has 0 aromatic heterocycles. The highest BCUT2D eigenvalue weighted by Gasteiger charge is 2.19. The van der Waals surface area contributed by atoms with E-state index in [0.29, 0.717) is 12.3 Å². The van der Waals surface area contributed by atoms with Gasteiger partial charge in [-0.25, -0.2) is 4.39 Å². The minimum atomic E-state index is -0.212. The van der Waals surface area contributed by atoms with E-state index in [1.807, 2.05) is 0 Å². The number of benzene rings is 1. The Bertz CT molecular complexity index is 493. The van der Waals surface area contributed by atoms with Crippen LogP contribution in [0.1, 0.15) is 45.1 Å². The van der Waals surface area contributed by atoms with Gasteiger partial charge in [0.05, 0.1) is 0 Å². The zero-order valence-electron chi connectivity index (χ0n) is 15.1. The first-order valence-electron chi connectivity index (χ1n) is 9.26. The quantitative estimate of drug-likeness (QED) is 0.787. The van der Waals surface area contributed by atoms with E-state index in [0.717, 1.165) is 44.0 Å². The Labute approximate surface area is 145 Å². The highest BCUT2D eigenvalue weighted by atomic mass is 19.1. The van der Waals surface area contributed by atoms with Crippen molar-refractivity contribution in [3.63, 3.8) is 0 Å². The lowest BCUT2D eigenvalue weighted by Crippen LogP contribution is -2.40. The van der Waals surface area contributed by atoms with Gasteiger partial charge >= 0.3 is 0 Å². The third-order valence-corrected chi connectivity index (χ3v) is 4.70. The topological polar surface area (TPSA) is 32.3 Å². The number of likely N-dealkylation sites (tertiary alicyclic amines) is 1. The van der Waals surface area contributed by atoms with Crippen molar-refractivity contribution in [2.24, 2.45) is 11.8 Å². The van der Waals surface area contributed by atoms with Crippen molar-refractivity contribution in [1.29, 1.82) is 0 Å². The van der Waals surface area contributed by atoms with Crippen molar-refractivity contribution in [2.75, 3.05) is 26.2 Å². The van der Waals surface area contributed by atoms with Crippen LogP contribution in [0.4, 0.5) is 4.39 Å². The molecule has 0 radical (unpaired) electrons. The molecule has 0 bridgehead atoms. The molecule has 1 saturated heterocycles. The van der Waals surface area contributed by atoms with Crippen LogP contribution in [-0.2, 0) is 11.2 Å². The molecule has 1 heterocycles. The first-order chi connectivity index (χ1) is 11.5. The minimum absolute atomic E-state index is 0.140. The summed E-state index contributed by atoms with van der Waals surface area (Å²) in [5.74, 6) is 1.27. The van der Waals surface area contributed by atoms with E-state index in [4.69, 9.17) is 0 Å². The van der Waals surface area contributed by atoms with E-state index < -0.39 is 0 Å². The number of rotatable bonds is 8. The molecule has 24 heavy (non-hydrogen) atoms. The van der Waals surface area contributed by atoms with Gasteiger partial charge in [0.2, 0.25) is 5.91 Å². The summed E-state index contributed by atoms with van der Waals surface area (Å²) in [6.07, 6.45) is 4.54. The number of carbonyl (C=O) groups excluding carboxylic acids is 1. The van der Waals surface area contributed by atoms with Gasteiger partial charge in [-0.05, 0) is 68.3 Å². The lowest BCUT2D eigenvalue weighted by atomic mass is 9.96. The molecule has 4 heteroatoms. The van der Waals surface area contributed by atoms with Gasteiger partial charge < -0.3 is 10.2 Å². The molecule has 1 N–H and O–H groups in total. The zero-order valence-corrected chi connectivity index (χ0v) is 15.1. The lowest BCUT2D eigenvalue weighted by molar-refractivity contribution is -0.121. The van der Waals surface area contributed by atoms with Gasteiger partial charge in [-0.2, -0.15) is 0 Å². The van der Waals surface area contributed by atoms with Gasteiger partial charge in [-0.3, -0.25) is 4.79 Å². The average Bonchev–Trinajstić information content (AvgIpc) is 2.55. The molecule has 1 aliphatic heterocycles. The molecule has 134 valence electrons. The number of piperidine rings is 1. The van der Waals surface area contributed by atoms with Crippen molar-refractivity contribution in [3.05, 3.63) is 35.6 Å². The largest absolute Gasteiger partial charge is 0.356 e. The summed E-state index contributed by atoms with van der Waals surface area (Å²) >= 11 is 0. The average molecular weight is 334 g/mol. The summed E-state index contributed by atoms with van der Waals surface area (Å²) in [6, 6.07) is 6.53. The van der Waals surface area contributed by atoms with Gasteiger partial charge in [-0.1, -0.05) is 26.0 Å². The van der Waals surface area contributed by atoms with Gasteiger partial charge in [-0.15, -0.1) is 0 Å². The van der Waals surface area contributed by atoms with Crippen LogP contribution >= 0.6 is 0 Å². The Morgan fingerprint density at radius 3 is 2.54 bits per heavy atom. The predicted molar refractivity (Wildman–Crippen MR) is 96.3 cm³/mol. The number of hydrogen-bond acceptors (Lipinski definition) is 2. The van der Waals surface area contributed by atoms with Gasteiger partial charge in [0.1, 0.15) is 5.82 Å². The lowest BCUT2D eigenvalue weighted by Gasteiger charge is -2.33. The van der Waals surface area contributed by atoms with Crippen LogP contribution in [0.15, 0.2) is 24.3 Å². The third-order valence-electron chi connectivity index (χ3n) is 4.70. The molecule has 0 aliphatic carbocycles. The molecule has 2 rings (SSSR count). The van der Waals surface area contributed by atoms with Crippen LogP contribution < -0.4 is 5.32 Å². The summed E-state index contributed by atoms with van der Waals surface area (Å²) < 4.78 is 12.8. The Balaban J connectivity index is 1.56. The Morgan fingerprint density at radius 1 is 1.25 bits per heavy atom. The number of aryl methyl sites for hydroxylation is 1. The smallest absolute Gasteiger partial charge is 0.220 e. The minimum Gasteiger partial charge on any atom is -0.356 e. The highest BCUT2D eigenvalue weighted by molar-refractivity contribution is 5.75. The van der Waals surface area contributed by atoms with Crippen LogP contribution in [0.2, 0.25) is 0 Å². The van der Waals surface area contributed by atoms with E-state index >= 15 is 0 Å². The van der Waals surface area contributed by atoms with Gasteiger partial charge in [0.15, 0.2) is 0 Å². The number of carbonyl (C=O) groups is 1. The highest BCUT2D eigenvalue weighted by Crippen LogP contribution is 2.17. The molecule has 1 aromatic carbocycles. The molecule has 0 spiro atoms. The maximum Gasteiger partial charge on any atom is 0.220 e. The van der Waals surface area contributed by atoms with Crippen molar-refractivity contribution >= 4 is 5.91 Å². The van der Waals surface area contributed by atoms with Crippen LogP contribution in [0.3, 0.4) is 0 Å². The molecule has 1 fully saturated rings. The fraction of sp³-hybridized carbons (Fsp3) is 0.650. The van der Waals surface area contributed by atoms with Gasteiger partial charge in [0, 0.05) is 19.5 Å². The van der Waals surface area contributed by atoms with Crippen molar-refractivity contribution < 1.29 is 9.18 Å². The second-order valence-electron chi connectivity index (χ2n) is 7.42. The normalized spacial score (nSPS) is 16.5. The first-order valence-corrected chi connectivity index (χ1v) is 9.26. The molecule has 1 aliphatic rings. The van der Waals surface area contributed by atoms with Gasteiger partial charge in [0.25, 0.3) is 0 Å². The van der Waals surface area contributed by atoms with E-state index in [2.05, 4.69) is 24.1 Å². The van der Waals surface area contributed by atoms with Crippen LogP contribution in [-0.4, -0.2) is 37.0 Å². The fourth-order valence-corrected chi connectivity index (χ4v) is 3.34. The van der Waals surface area contributed by atoms with E-state index in [1.54, 1.807) is 12.1 Å². The predicted octanol–water partition coefficient (Wildman–Crippen LogP) is 3.63. The second kappa shape index (κ2) is 9.77. The van der Waals surface area contributed by atoms with Crippen LogP contribution in [0.25, 0.3) is 0 Å². The fourth-order valence-electron chi connectivity index (χ4n) is 3.34. The standard InChI is InChI=1S/C20H31FN2O/c1-16(2)15-23-12-10-18(11-13-23)14-22-20(24)5-3-4-17-6-8-19(21)9-7-17/h6-9,16,18H,3-5,10-15H2,1-2H3,(H,22,24). The van der Waals surface area contributed by atoms with Crippen molar-refractivity contribution in [1.82, 2.24) is 10.2 Å². The number of amides is 1. The monoisotopic (exact) mass is 334 g/mol. The summed E-state index contributed by atoms with van der Waals surface area (Å²) in [5.41, 5.74) is 1.08. The summed E-state index contributed by atoms with van der Waals surface area (Å²) in [4.78, 5) is 14.5. The van der Waals surface area contributed by atoms with E-state index in [9.17, 15) is 9.18 Å². The van der Waals surface area contributed by atoms with Crippen molar-refractivity contribution in [2.45, 2.75) is 46.0 Å². The third kappa shape index (κ3) is 7.00. The maximum atomic E-state index is 12.8. The molecule has 1 amide bonds. The van der Waals surface area contributed by atoms with Crippen molar-refractivity contribution in [3.8, 4) is 0 Å². The summed E-state index contributed by atoms with van der Waals surface area (Å²) in [6.45, 7) is 8.83. The molecule has 0 saturated carbocycles. The molecule has 1 aromatic rings. The SMILES string of the molecule is CC(C)CN1CCC(CNC(=O)CCCc2ccc(F)cc2)CC1.